The van der Waals surface area contributed by atoms with Crippen LogP contribution in [0, 0.1) is 0 Å². The van der Waals surface area contributed by atoms with Crippen LogP contribution in [0.4, 0.5) is 0 Å². The zero-order chi connectivity index (χ0) is 15.3. The van der Waals surface area contributed by atoms with Gasteiger partial charge in [-0.3, -0.25) is 4.90 Å². The topological polar surface area (TPSA) is 58.6 Å². The van der Waals surface area contributed by atoms with Gasteiger partial charge in [0.1, 0.15) is 5.75 Å². The van der Waals surface area contributed by atoms with Crippen LogP contribution in [-0.4, -0.2) is 45.6 Å². The molecule has 1 aliphatic rings. The fourth-order valence-electron chi connectivity index (χ4n) is 2.51. The van der Waals surface area contributed by atoms with Gasteiger partial charge in [-0.2, -0.15) is 0 Å². The van der Waals surface area contributed by atoms with Gasteiger partial charge in [0.2, 0.25) is 10.0 Å². The zero-order valence-electron chi connectivity index (χ0n) is 12.7. The lowest BCUT2D eigenvalue weighted by Crippen LogP contribution is -2.40. The first-order valence-electron chi connectivity index (χ1n) is 7.49. The summed E-state index contributed by atoms with van der Waals surface area (Å²) in [5.41, 5.74) is 0. The number of nitrogens with zero attached hydrogens (tertiary/aromatic N) is 1. The van der Waals surface area contributed by atoms with E-state index in [0.29, 0.717) is 18.9 Å². The second kappa shape index (κ2) is 7.24. The van der Waals surface area contributed by atoms with E-state index in [2.05, 4.69) is 16.5 Å². The van der Waals surface area contributed by atoms with Crippen LogP contribution in [0.15, 0.2) is 29.2 Å². The third-order valence-electron chi connectivity index (χ3n) is 3.78. The highest BCUT2D eigenvalue weighted by Crippen LogP contribution is 2.16. The first-order valence-corrected chi connectivity index (χ1v) is 8.98. The Morgan fingerprint density at radius 2 is 1.86 bits per heavy atom. The number of nitrogens with one attached hydrogen (secondary N) is 1. The minimum absolute atomic E-state index is 0.227. The van der Waals surface area contributed by atoms with Crippen LogP contribution >= 0.6 is 0 Å². The van der Waals surface area contributed by atoms with Crippen LogP contribution < -0.4 is 9.46 Å². The van der Waals surface area contributed by atoms with E-state index < -0.39 is 10.0 Å². The summed E-state index contributed by atoms with van der Waals surface area (Å²) in [6.07, 6.45) is 2.41. The minimum Gasteiger partial charge on any atom is -0.494 e. The predicted octanol–water partition coefficient (Wildman–Crippen LogP) is 1.85. The van der Waals surface area contributed by atoms with Gasteiger partial charge in [-0.25, -0.2) is 13.1 Å². The molecule has 1 heterocycles. The van der Waals surface area contributed by atoms with Gasteiger partial charge in [-0.15, -0.1) is 0 Å². The van der Waals surface area contributed by atoms with Gasteiger partial charge in [0.05, 0.1) is 11.5 Å². The van der Waals surface area contributed by atoms with E-state index >= 15 is 0 Å². The third-order valence-corrected chi connectivity index (χ3v) is 5.22. The van der Waals surface area contributed by atoms with Crippen molar-refractivity contribution in [1.29, 1.82) is 0 Å². The molecule has 0 amide bonds. The van der Waals surface area contributed by atoms with Crippen LogP contribution in [-0.2, 0) is 10.0 Å². The van der Waals surface area contributed by atoms with Crippen molar-refractivity contribution in [3.63, 3.8) is 0 Å². The maximum atomic E-state index is 12.3. The van der Waals surface area contributed by atoms with Gasteiger partial charge in [0.25, 0.3) is 0 Å². The van der Waals surface area contributed by atoms with Crippen LogP contribution in [0.1, 0.15) is 26.7 Å². The Bertz CT molecular complexity index is 537. The second-order valence-electron chi connectivity index (χ2n) is 5.35. The SMILES string of the molecule is CCOc1ccc(S(=O)(=O)NCC(C)N2CCCC2)cc1. The van der Waals surface area contributed by atoms with Crippen molar-refractivity contribution in [3.8, 4) is 5.75 Å². The average Bonchev–Trinajstić information content (AvgIpc) is 3.00. The highest BCUT2D eigenvalue weighted by atomic mass is 32.2. The molecule has 0 aromatic heterocycles. The Balaban J connectivity index is 1.94. The molecular weight excluding hydrogens is 288 g/mol. The molecule has 118 valence electrons. The Hall–Kier alpha value is -1.11. The average molecular weight is 312 g/mol. The fourth-order valence-corrected chi connectivity index (χ4v) is 3.63. The summed E-state index contributed by atoms with van der Waals surface area (Å²) in [6.45, 7) is 7.09. The summed E-state index contributed by atoms with van der Waals surface area (Å²) in [6, 6.07) is 6.75. The number of ether oxygens (including phenoxy) is 1. The number of hydrogen-bond donors (Lipinski definition) is 1. The molecule has 0 spiro atoms. The van der Waals surface area contributed by atoms with Gasteiger partial charge < -0.3 is 4.74 Å². The number of benzene rings is 1. The van der Waals surface area contributed by atoms with Crippen LogP contribution in [0.2, 0.25) is 0 Å². The van der Waals surface area contributed by atoms with E-state index in [1.54, 1.807) is 24.3 Å². The molecule has 21 heavy (non-hydrogen) atoms. The molecule has 6 heteroatoms. The molecule has 1 aromatic rings. The maximum Gasteiger partial charge on any atom is 0.240 e. The lowest BCUT2D eigenvalue weighted by atomic mass is 10.3. The quantitative estimate of drug-likeness (QED) is 0.835. The summed E-state index contributed by atoms with van der Waals surface area (Å²) in [7, 11) is -3.45. The van der Waals surface area contributed by atoms with E-state index in [-0.39, 0.29) is 10.9 Å². The Morgan fingerprint density at radius 3 is 2.43 bits per heavy atom. The van der Waals surface area contributed by atoms with Crippen molar-refractivity contribution in [3.05, 3.63) is 24.3 Å². The molecule has 1 aromatic carbocycles. The van der Waals surface area contributed by atoms with E-state index in [1.165, 1.54) is 12.8 Å². The summed E-state index contributed by atoms with van der Waals surface area (Å²) in [4.78, 5) is 2.60. The number of likely N-dealkylation sites (tertiary alicyclic amines) is 1. The van der Waals surface area contributed by atoms with E-state index in [9.17, 15) is 8.42 Å². The van der Waals surface area contributed by atoms with Crippen LogP contribution in [0.3, 0.4) is 0 Å². The highest BCUT2D eigenvalue weighted by molar-refractivity contribution is 7.89. The smallest absolute Gasteiger partial charge is 0.240 e. The fraction of sp³-hybridized carbons (Fsp3) is 0.600. The maximum absolute atomic E-state index is 12.3. The molecule has 1 fully saturated rings. The van der Waals surface area contributed by atoms with Crippen molar-refractivity contribution in [1.82, 2.24) is 9.62 Å². The van der Waals surface area contributed by atoms with Crippen molar-refractivity contribution in [2.24, 2.45) is 0 Å². The highest BCUT2D eigenvalue weighted by Gasteiger charge is 2.21. The summed E-state index contributed by atoms with van der Waals surface area (Å²) in [5.74, 6) is 0.682. The van der Waals surface area contributed by atoms with Crippen molar-refractivity contribution in [2.45, 2.75) is 37.6 Å². The van der Waals surface area contributed by atoms with Crippen molar-refractivity contribution >= 4 is 10.0 Å². The van der Waals surface area contributed by atoms with Crippen molar-refractivity contribution in [2.75, 3.05) is 26.2 Å². The van der Waals surface area contributed by atoms with Gasteiger partial charge in [0, 0.05) is 12.6 Å². The molecule has 0 radical (unpaired) electrons. The van der Waals surface area contributed by atoms with Crippen LogP contribution in [0.25, 0.3) is 0 Å². The number of rotatable bonds is 7. The zero-order valence-corrected chi connectivity index (χ0v) is 13.5. The molecule has 1 aliphatic heterocycles. The molecule has 1 atom stereocenters. The first-order chi connectivity index (χ1) is 10.0. The molecule has 1 unspecified atom stereocenters. The molecule has 0 aliphatic carbocycles. The summed E-state index contributed by atoms with van der Waals surface area (Å²) < 4.78 is 32.5. The Labute approximate surface area is 127 Å². The molecule has 1 saturated heterocycles. The lowest BCUT2D eigenvalue weighted by molar-refractivity contribution is 0.260. The second-order valence-corrected chi connectivity index (χ2v) is 7.12. The van der Waals surface area contributed by atoms with Gasteiger partial charge in [-0.1, -0.05) is 0 Å². The number of hydrogen-bond acceptors (Lipinski definition) is 4. The van der Waals surface area contributed by atoms with Crippen molar-refractivity contribution < 1.29 is 13.2 Å². The standard InChI is InChI=1S/C15H24N2O3S/c1-3-20-14-6-8-15(9-7-14)21(18,19)16-12-13(2)17-10-4-5-11-17/h6-9,13,16H,3-5,10-12H2,1-2H3. The molecule has 2 rings (SSSR count). The van der Waals surface area contributed by atoms with Gasteiger partial charge in [-0.05, 0) is 64.0 Å². The summed E-state index contributed by atoms with van der Waals surface area (Å²) in [5, 5.41) is 0. The summed E-state index contributed by atoms with van der Waals surface area (Å²) >= 11 is 0. The lowest BCUT2D eigenvalue weighted by Gasteiger charge is -2.23. The Morgan fingerprint density at radius 1 is 1.24 bits per heavy atom. The largest absolute Gasteiger partial charge is 0.494 e. The molecule has 1 N–H and O–H groups in total. The molecule has 5 nitrogen and oxygen atoms in total. The normalized spacial score (nSPS) is 17.8. The van der Waals surface area contributed by atoms with Gasteiger partial charge >= 0.3 is 0 Å². The molecule has 0 bridgehead atoms. The minimum atomic E-state index is -3.45. The van der Waals surface area contributed by atoms with Gasteiger partial charge in [0.15, 0.2) is 0 Å². The van der Waals surface area contributed by atoms with E-state index in [4.69, 9.17) is 4.74 Å². The molecule has 0 saturated carbocycles. The van der Waals surface area contributed by atoms with E-state index in [1.807, 2.05) is 6.92 Å². The third kappa shape index (κ3) is 4.43. The first kappa shape index (κ1) is 16.3. The Kier molecular flexibility index (Phi) is 5.61. The molecular formula is C15H24N2O3S. The monoisotopic (exact) mass is 312 g/mol. The van der Waals surface area contributed by atoms with E-state index in [0.717, 1.165) is 13.1 Å². The predicted molar refractivity (Wildman–Crippen MR) is 83.1 cm³/mol. The van der Waals surface area contributed by atoms with Crippen LogP contribution in [0.5, 0.6) is 5.75 Å². The number of sulfonamides is 1.